The molecule has 2 fully saturated rings. The summed E-state index contributed by atoms with van der Waals surface area (Å²) in [4.78, 5) is 0. The molecule has 0 bridgehead atoms. The van der Waals surface area contributed by atoms with E-state index in [2.05, 4.69) is 0 Å². The van der Waals surface area contributed by atoms with Crippen molar-refractivity contribution in [1.82, 2.24) is 0 Å². The Hall–Kier alpha value is 0.430. The molecule has 1 radical (unpaired) electrons. The zero-order chi connectivity index (χ0) is 11.8. The summed E-state index contributed by atoms with van der Waals surface area (Å²) in [5, 5.41) is 0. The molecule has 0 saturated heterocycles. The van der Waals surface area contributed by atoms with Gasteiger partial charge in [0.15, 0.2) is 0 Å². The predicted octanol–water partition coefficient (Wildman–Crippen LogP) is 6.16. The molecule has 0 aromatic rings. The van der Waals surface area contributed by atoms with E-state index in [9.17, 15) is 0 Å². The lowest BCUT2D eigenvalue weighted by atomic mass is 10.1. The molecule has 2 aliphatic carbocycles. The molecular formula is C16H30P. The average molecular weight is 253 g/mol. The molecule has 0 aromatic heterocycles. The van der Waals surface area contributed by atoms with Gasteiger partial charge >= 0.3 is 0 Å². The van der Waals surface area contributed by atoms with Crippen LogP contribution < -0.4 is 0 Å². The van der Waals surface area contributed by atoms with Gasteiger partial charge in [-0.05, 0) is 37.0 Å². The van der Waals surface area contributed by atoms with Gasteiger partial charge in [-0.1, -0.05) is 72.8 Å². The lowest BCUT2D eigenvalue weighted by molar-refractivity contribution is 0.585. The molecule has 2 aliphatic rings. The van der Waals surface area contributed by atoms with Crippen LogP contribution in [0, 0.1) is 0 Å². The van der Waals surface area contributed by atoms with E-state index in [1.807, 2.05) is 8.58 Å². The summed E-state index contributed by atoms with van der Waals surface area (Å²) in [7, 11) is 1.85. The molecule has 0 aliphatic heterocycles. The summed E-state index contributed by atoms with van der Waals surface area (Å²) in [6, 6.07) is 0. The maximum atomic E-state index is 1.85. The molecule has 2 rings (SSSR count). The summed E-state index contributed by atoms with van der Waals surface area (Å²) >= 11 is 0. The van der Waals surface area contributed by atoms with Crippen LogP contribution in [0.25, 0.3) is 0 Å². The third kappa shape index (κ3) is 5.73. The van der Waals surface area contributed by atoms with E-state index in [1.54, 1.807) is 0 Å². The third-order valence-electron chi connectivity index (χ3n) is 4.57. The highest BCUT2D eigenvalue weighted by Gasteiger charge is 2.20. The molecule has 99 valence electrons. The topological polar surface area (TPSA) is 0 Å². The van der Waals surface area contributed by atoms with Crippen molar-refractivity contribution >= 4 is 8.58 Å². The van der Waals surface area contributed by atoms with Crippen molar-refractivity contribution in [3.05, 3.63) is 0 Å². The van der Waals surface area contributed by atoms with Gasteiger partial charge in [-0.25, -0.2) is 0 Å². The van der Waals surface area contributed by atoms with Gasteiger partial charge in [0.2, 0.25) is 0 Å². The second-order valence-electron chi connectivity index (χ2n) is 6.15. The van der Waals surface area contributed by atoms with Crippen LogP contribution in [0.5, 0.6) is 0 Å². The second-order valence-corrected chi connectivity index (χ2v) is 7.91. The van der Waals surface area contributed by atoms with Crippen LogP contribution >= 0.6 is 8.58 Å². The Kier molecular flexibility index (Phi) is 6.94. The fourth-order valence-electron chi connectivity index (χ4n) is 3.47. The van der Waals surface area contributed by atoms with Crippen LogP contribution in [0.1, 0.15) is 89.9 Å². The smallest absolute Gasteiger partial charge is 0.0168 e. The summed E-state index contributed by atoms with van der Waals surface area (Å²) in [5.74, 6) is 0. The van der Waals surface area contributed by atoms with Gasteiger partial charge in [-0.15, -0.1) is 0 Å². The van der Waals surface area contributed by atoms with Crippen molar-refractivity contribution in [2.24, 2.45) is 0 Å². The number of hydrogen-bond donors (Lipinski definition) is 0. The van der Waals surface area contributed by atoms with Crippen molar-refractivity contribution in [1.29, 1.82) is 0 Å². The van der Waals surface area contributed by atoms with Crippen LogP contribution in [0.15, 0.2) is 0 Å². The van der Waals surface area contributed by atoms with Crippen LogP contribution in [0.4, 0.5) is 0 Å². The van der Waals surface area contributed by atoms with Crippen LogP contribution in [0.2, 0.25) is 0 Å². The Morgan fingerprint density at radius 2 is 0.706 bits per heavy atom. The first-order chi connectivity index (χ1) is 8.45. The van der Waals surface area contributed by atoms with Crippen molar-refractivity contribution in [2.45, 2.75) is 101 Å². The van der Waals surface area contributed by atoms with Crippen molar-refractivity contribution in [3.63, 3.8) is 0 Å². The summed E-state index contributed by atoms with van der Waals surface area (Å²) in [6.07, 6.45) is 21.3. The highest BCUT2D eigenvalue weighted by molar-refractivity contribution is 7.39. The maximum Gasteiger partial charge on any atom is -0.0168 e. The number of hydrogen-bond acceptors (Lipinski definition) is 0. The molecule has 2 saturated carbocycles. The van der Waals surface area contributed by atoms with E-state index in [4.69, 9.17) is 0 Å². The van der Waals surface area contributed by atoms with Crippen molar-refractivity contribution < 1.29 is 0 Å². The van der Waals surface area contributed by atoms with Crippen molar-refractivity contribution in [2.75, 3.05) is 0 Å². The Morgan fingerprint density at radius 1 is 0.412 bits per heavy atom. The Labute approximate surface area is 110 Å². The largest absolute Gasteiger partial charge is 0.0741 e. The standard InChI is InChI=1S/C16H30P/c1-2-4-6-8-12-15(11-7-5-3-1)17-16-13-9-10-14-16/h15-16H,1-14H2. The molecule has 0 spiro atoms. The van der Waals surface area contributed by atoms with Crippen molar-refractivity contribution in [3.8, 4) is 0 Å². The van der Waals surface area contributed by atoms with Crippen LogP contribution in [0.3, 0.4) is 0 Å². The Morgan fingerprint density at radius 3 is 1.12 bits per heavy atom. The maximum absolute atomic E-state index is 1.85. The van der Waals surface area contributed by atoms with Gasteiger partial charge in [0, 0.05) is 0 Å². The molecule has 0 nitrogen and oxygen atoms in total. The number of rotatable bonds is 2. The molecule has 0 atom stereocenters. The van der Waals surface area contributed by atoms with Gasteiger partial charge in [0.05, 0.1) is 0 Å². The van der Waals surface area contributed by atoms with Gasteiger partial charge in [-0.2, -0.15) is 0 Å². The highest BCUT2D eigenvalue weighted by atomic mass is 31.1. The first-order valence-corrected chi connectivity index (χ1v) is 9.18. The lowest BCUT2D eigenvalue weighted by Crippen LogP contribution is -2.06. The Bertz CT molecular complexity index is 172. The van der Waals surface area contributed by atoms with Gasteiger partial charge < -0.3 is 0 Å². The second kappa shape index (κ2) is 8.52. The fraction of sp³-hybridized carbons (Fsp3) is 1.00. The first-order valence-electron chi connectivity index (χ1n) is 8.15. The molecule has 1 heteroatoms. The van der Waals surface area contributed by atoms with Gasteiger partial charge in [0.25, 0.3) is 0 Å². The minimum Gasteiger partial charge on any atom is -0.0741 e. The quantitative estimate of drug-likeness (QED) is 0.517. The molecule has 0 amide bonds. The zero-order valence-electron chi connectivity index (χ0n) is 11.5. The summed E-state index contributed by atoms with van der Waals surface area (Å²) < 4.78 is 0. The van der Waals surface area contributed by atoms with E-state index in [0.29, 0.717) is 0 Å². The monoisotopic (exact) mass is 253 g/mol. The van der Waals surface area contributed by atoms with E-state index in [0.717, 1.165) is 11.3 Å². The van der Waals surface area contributed by atoms with Gasteiger partial charge in [0.1, 0.15) is 0 Å². The highest BCUT2D eigenvalue weighted by Crippen LogP contribution is 2.41. The summed E-state index contributed by atoms with van der Waals surface area (Å²) in [6.45, 7) is 0. The SMILES string of the molecule is C1CCCCCC([P]C2CCCC2)CCCC1. The third-order valence-corrected chi connectivity index (χ3v) is 6.45. The normalized spacial score (nSPS) is 27.5. The molecule has 0 unspecified atom stereocenters. The lowest BCUT2D eigenvalue weighted by Gasteiger charge is -2.19. The zero-order valence-corrected chi connectivity index (χ0v) is 12.4. The Balaban J connectivity index is 1.71. The first kappa shape index (κ1) is 13.9. The van der Waals surface area contributed by atoms with Crippen LogP contribution in [-0.2, 0) is 0 Å². The minimum atomic E-state index is 1.07. The molecule has 17 heavy (non-hydrogen) atoms. The van der Waals surface area contributed by atoms with E-state index in [-0.39, 0.29) is 0 Å². The molecule has 0 aromatic carbocycles. The predicted molar refractivity (Wildman–Crippen MR) is 79.1 cm³/mol. The van der Waals surface area contributed by atoms with E-state index in [1.165, 1.54) is 89.9 Å². The molecule has 0 N–H and O–H groups in total. The average Bonchev–Trinajstić information content (AvgIpc) is 2.80. The minimum absolute atomic E-state index is 1.07. The fourth-order valence-corrected chi connectivity index (χ4v) is 5.39. The summed E-state index contributed by atoms with van der Waals surface area (Å²) in [5.41, 5.74) is 2.15. The molecule has 0 heterocycles. The van der Waals surface area contributed by atoms with Crippen LogP contribution in [-0.4, -0.2) is 11.3 Å². The van der Waals surface area contributed by atoms with Gasteiger partial charge in [-0.3, -0.25) is 0 Å². The van der Waals surface area contributed by atoms with E-state index >= 15 is 0 Å². The van der Waals surface area contributed by atoms with E-state index < -0.39 is 0 Å². The molecular weight excluding hydrogens is 223 g/mol.